The summed E-state index contributed by atoms with van der Waals surface area (Å²) < 4.78 is 25.6. The van der Waals surface area contributed by atoms with Crippen molar-refractivity contribution in [3.63, 3.8) is 0 Å². The summed E-state index contributed by atoms with van der Waals surface area (Å²) in [5.74, 6) is -1.37. The van der Waals surface area contributed by atoms with E-state index >= 15 is 0 Å². The van der Waals surface area contributed by atoms with Gasteiger partial charge in [0.1, 0.15) is 19.0 Å². The molecule has 2 aromatic rings. The van der Waals surface area contributed by atoms with Crippen LogP contribution >= 0.6 is 34.4 Å². The largest absolute Gasteiger partial charge is 0.490 e. The summed E-state index contributed by atoms with van der Waals surface area (Å²) in [6, 6.07) is 9.49. The minimum Gasteiger partial charge on any atom is -0.490 e. The van der Waals surface area contributed by atoms with Crippen LogP contribution in [0.3, 0.4) is 0 Å². The zero-order chi connectivity index (χ0) is 22.5. The Bertz CT molecular complexity index is 1070. The molecule has 1 aliphatic heterocycles. The van der Waals surface area contributed by atoms with Crippen LogP contribution in [0.2, 0.25) is 0 Å². The molecule has 2 aromatic carbocycles. The van der Waals surface area contributed by atoms with Crippen molar-refractivity contribution in [2.24, 2.45) is 0 Å². The average Bonchev–Trinajstić information content (AvgIpc) is 2.94. The van der Waals surface area contributed by atoms with Crippen molar-refractivity contribution >= 4 is 57.5 Å². The number of thioether (sulfide) groups is 1. The van der Waals surface area contributed by atoms with E-state index in [1.54, 1.807) is 24.3 Å². The van der Waals surface area contributed by atoms with Crippen LogP contribution in [-0.2, 0) is 16.2 Å². The van der Waals surface area contributed by atoms with Gasteiger partial charge in [0, 0.05) is 0 Å². The first-order valence-corrected chi connectivity index (χ1v) is 11.0. The molecular weight excluding hydrogens is 540 g/mol. The van der Waals surface area contributed by atoms with Gasteiger partial charge in [0.05, 0.1) is 15.1 Å². The summed E-state index contributed by atoms with van der Waals surface area (Å²) in [6.45, 7) is 1.63. The zero-order valence-corrected chi connectivity index (χ0v) is 19.2. The molecule has 7 nitrogen and oxygen atoms in total. The highest BCUT2D eigenvalue weighted by atomic mass is 127. The van der Waals surface area contributed by atoms with Gasteiger partial charge in [-0.2, -0.15) is 0 Å². The second-order valence-electron chi connectivity index (χ2n) is 6.34. The number of ether oxygens (including phenoxy) is 2. The molecule has 0 unspecified atom stereocenters. The van der Waals surface area contributed by atoms with Gasteiger partial charge in [-0.15, -0.1) is 0 Å². The molecule has 31 heavy (non-hydrogen) atoms. The van der Waals surface area contributed by atoms with Crippen molar-refractivity contribution in [3.05, 3.63) is 61.8 Å². The maximum Gasteiger partial charge on any atom is 0.323 e. The Morgan fingerprint density at radius 2 is 2.03 bits per heavy atom. The lowest BCUT2D eigenvalue weighted by atomic mass is 10.1. The molecule has 2 amide bonds. The van der Waals surface area contributed by atoms with Gasteiger partial charge < -0.3 is 14.6 Å². The molecule has 1 heterocycles. The lowest BCUT2D eigenvalue weighted by Gasteiger charge is -2.15. The van der Waals surface area contributed by atoms with Gasteiger partial charge in [0.25, 0.3) is 11.1 Å². The fourth-order valence-electron chi connectivity index (χ4n) is 2.78. The zero-order valence-electron chi connectivity index (χ0n) is 16.3. The van der Waals surface area contributed by atoms with Gasteiger partial charge >= 0.3 is 5.97 Å². The molecule has 0 bridgehead atoms. The number of aliphatic carboxylic acids is 1. The van der Waals surface area contributed by atoms with Crippen LogP contribution < -0.4 is 9.47 Å². The quantitative estimate of drug-likeness (QED) is 0.377. The van der Waals surface area contributed by atoms with Crippen molar-refractivity contribution in [1.82, 2.24) is 4.90 Å². The second kappa shape index (κ2) is 10.1. The third-order valence-corrected chi connectivity index (χ3v) is 5.78. The first-order valence-electron chi connectivity index (χ1n) is 9.09. The topological polar surface area (TPSA) is 93.1 Å². The molecule has 10 heteroatoms. The maximum absolute atomic E-state index is 13.4. The Kier molecular flexibility index (Phi) is 7.55. The lowest BCUT2D eigenvalue weighted by molar-refractivity contribution is -0.140. The first kappa shape index (κ1) is 23.1. The normalized spacial score (nSPS) is 14.9. The van der Waals surface area contributed by atoms with E-state index in [1.807, 2.05) is 6.92 Å². The van der Waals surface area contributed by atoms with Crippen molar-refractivity contribution in [3.8, 4) is 11.5 Å². The number of amides is 2. The predicted molar refractivity (Wildman–Crippen MR) is 121 cm³/mol. The fraction of sp³-hybridized carbons (Fsp3) is 0.190. The maximum atomic E-state index is 13.4. The molecule has 162 valence electrons. The van der Waals surface area contributed by atoms with Gasteiger partial charge in [-0.1, -0.05) is 12.1 Å². The number of hydrogen-bond acceptors (Lipinski definition) is 6. The van der Waals surface area contributed by atoms with E-state index in [9.17, 15) is 18.8 Å². The first-order chi connectivity index (χ1) is 14.8. The van der Waals surface area contributed by atoms with Crippen LogP contribution in [0.25, 0.3) is 6.08 Å². The van der Waals surface area contributed by atoms with Gasteiger partial charge in [-0.3, -0.25) is 19.3 Å². The van der Waals surface area contributed by atoms with E-state index in [0.717, 1.165) is 0 Å². The number of carbonyl (C=O) groups excluding carboxylic acids is 2. The number of benzene rings is 2. The Morgan fingerprint density at radius 1 is 1.26 bits per heavy atom. The van der Waals surface area contributed by atoms with Crippen molar-refractivity contribution in [2.45, 2.75) is 13.5 Å². The minimum absolute atomic E-state index is 0.123. The van der Waals surface area contributed by atoms with E-state index in [1.165, 1.54) is 18.2 Å². The molecule has 0 aromatic heterocycles. The molecule has 1 N–H and O–H groups in total. The van der Waals surface area contributed by atoms with Crippen LogP contribution in [0.5, 0.6) is 11.5 Å². The molecule has 1 aliphatic rings. The van der Waals surface area contributed by atoms with Crippen LogP contribution in [0.1, 0.15) is 18.1 Å². The van der Waals surface area contributed by atoms with Crippen LogP contribution in [0.15, 0.2) is 41.3 Å². The number of nitrogens with zero attached hydrogens (tertiary/aromatic N) is 1. The highest BCUT2D eigenvalue weighted by molar-refractivity contribution is 14.1. The molecule has 0 radical (unpaired) electrons. The minimum atomic E-state index is -1.27. The smallest absolute Gasteiger partial charge is 0.323 e. The monoisotopic (exact) mass is 557 g/mol. The molecule has 0 aliphatic carbocycles. The number of carbonyl (C=O) groups is 3. The molecule has 0 spiro atoms. The molecule has 1 saturated heterocycles. The standard InChI is InChI=1S/C21H17FINO6S/c1-2-29-16-8-13(9-17-20(27)24(10-18(25)26)21(28)31-17)7-15(23)19(16)30-11-12-4-3-5-14(22)6-12/h3-9H,2,10-11H2,1H3,(H,25,26)/b17-9+. The number of imide groups is 1. The molecule has 0 saturated carbocycles. The van der Waals surface area contributed by atoms with Crippen molar-refractivity contribution in [2.75, 3.05) is 13.2 Å². The fourth-order valence-corrected chi connectivity index (χ4v) is 4.40. The summed E-state index contributed by atoms with van der Waals surface area (Å²) >= 11 is 2.74. The third kappa shape index (κ3) is 5.76. The van der Waals surface area contributed by atoms with Crippen LogP contribution in [-0.4, -0.2) is 40.3 Å². The van der Waals surface area contributed by atoms with E-state index in [2.05, 4.69) is 22.6 Å². The van der Waals surface area contributed by atoms with Crippen LogP contribution in [0.4, 0.5) is 9.18 Å². The van der Waals surface area contributed by atoms with Gasteiger partial charge in [-0.05, 0) is 82.7 Å². The predicted octanol–water partition coefficient (Wildman–Crippen LogP) is 4.53. The number of rotatable bonds is 8. The van der Waals surface area contributed by atoms with Gasteiger partial charge in [-0.25, -0.2) is 4.39 Å². The van der Waals surface area contributed by atoms with E-state index in [0.29, 0.717) is 49.5 Å². The molecule has 1 fully saturated rings. The Hall–Kier alpha value is -2.60. The van der Waals surface area contributed by atoms with Crippen molar-refractivity contribution in [1.29, 1.82) is 0 Å². The number of carboxylic acids is 1. The summed E-state index contributed by atoms with van der Waals surface area (Å²) in [4.78, 5) is 36.0. The van der Waals surface area contributed by atoms with E-state index in [4.69, 9.17) is 14.6 Å². The molecular formula is C21H17FINO6S. The summed E-state index contributed by atoms with van der Waals surface area (Å²) in [6.07, 6.45) is 1.51. The summed E-state index contributed by atoms with van der Waals surface area (Å²) in [5, 5.41) is 8.24. The van der Waals surface area contributed by atoms with Crippen LogP contribution in [0, 0.1) is 9.39 Å². The highest BCUT2D eigenvalue weighted by Crippen LogP contribution is 2.37. The lowest BCUT2D eigenvalue weighted by Crippen LogP contribution is -2.33. The second-order valence-corrected chi connectivity index (χ2v) is 8.50. The summed E-state index contributed by atoms with van der Waals surface area (Å²) in [7, 11) is 0. The van der Waals surface area contributed by atoms with E-state index < -0.39 is 23.7 Å². The number of hydrogen-bond donors (Lipinski definition) is 1. The Morgan fingerprint density at radius 3 is 2.71 bits per heavy atom. The SMILES string of the molecule is CCOc1cc(/C=C2/SC(=O)N(CC(=O)O)C2=O)cc(I)c1OCc1cccc(F)c1. The Balaban J connectivity index is 1.86. The average molecular weight is 557 g/mol. The summed E-state index contributed by atoms with van der Waals surface area (Å²) in [5.41, 5.74) is 1.25. The van der Waals surface area contributed by atoms with Gasteiger partial charge in [0.2, 0.25) is 0 Å². The molecule has 3 rings (SSSR count). The number of halogens is 2. The highest BCUT2D eigenvalue weighted by Gasteiger charge is 2.36. The third-order valence-electron chi connectivity index (χ3n) is 4.07. The number of carboxylic acid groups (broad SMARTS) is 1. The van der Waals surface area contributed by atoms with E-state index in [-0.39, 0.29) is 17.3 Å². The van der Waals surface area contributed by atoms with Crippen molar-refractivity contribution < 1.29 is 33.4 Å². The Labute approximate surface area is 195 Å². The molecule has 0 atom stereocenters. The van der Waals surface area contributed by atoms with Gasteiger partial charge in [0.15, 0.2) is 11.5 Å².